The normalized spacial score (nSPS) is 15.6. The molecule has 4 nitrogen and oxygen atoms in total. The fraction of sp³-hybridized carbons (Fsp3) is 0.467. The van der Waals surface area contributed by atoms with E-state index in [9.17, 15) is 0 Å². The topological polar surface area (TPSA) is 34.0 Å². The molecule has 0 aromatic carbocycles. The summed E-state index contributed by atoms with van der Waals surface area (Å²) in [6.07, 6.45) is 5.67. The highest BCUT2D eigenvalue weighted by atomic mass is 79.9. The number of pyridine rings is 1. The van der Waals surface area contributed by atoms with E-state index >= 15 is 0 Å². The molecule has 0 saturated carbocycles. The molecule has 0 amide bonds. The number of hydrogen-bond donors (Lipinski definition) is 0. The molecule has 6 heteroatoms. The number of nitrogens with zero attached hydrogens (tertiary/aromatic N) is 4. The number of aromatic nitrogens is 3. The Kier molecular flexibility index (Phi) is 4.22. The van der Waals surface area contributed by atoms with Gasteiger partial charge in [-0.1, -0.05) is 25.4 Å². The minimum absolute atomic E-state index is 0.461. The van der Waals surface area contributed by atoms with Gasteiger partial charge >= 0.3 is 0 Å². The molecule has 1 fully saturated rings. The molecule has 1 aliphatic rings. The smallest absolute Gasteiger partial charge is 0.142 e. The van der Waals surface area contributed by atoms with Crippen LogP contribution < -0.4 is 4.90 Å². The zero-order valence-corrected chi connectivity index (χ0v) is 14.5. The Morgan fingerprint density at radius 1 is 1.38 bits per heavy atom. The highest BCUT2D eigenvalue weighted by Crippen LogP contribution is 2.32. The van der Waals surface area contributed by atoms with Crippen LogP contribution in [0.25, 0.3) is 0 Å². The SMILES string of the molecule is CC(C)c1nccn1CC1CN(c2ncc(Cl)cc2Br)C1. The second-order valence-corrected chi connectivity index (χ2v) is 7.11. The van der Waals surface area contributed by atoms with Gasteiger partial charge in [0, 0.05) is 50.1 Å². The summed E-state index contributed by atoms with van der Waals surface area (Å²) in [5, 5.41) is 0.655. The van der Waals surface area contributed by atoms with E-state index in [2.05, 4.69) is 55.4 Å². The third-order valence-corrected chi connectivity index (χ3v) is 4.55. The van der Waals surface area contributed by atoms with Crippen LogP contribution in [0.5, 0.6) is 0 Å². The fourth-order valence-electron chi connectivity index (χ4n) is 2.75. The Morgan fingerprint density at radius 2 is 2.14 bits per heavy atom. The van der Waals surface area contributed by atoms with Crippen molar-refractivity contribution < 1.29 is 0 Å². The highest BCUT2D eigenvalue weighted by molar-refractivity contribution is 9.10. The monoisotopic (exact) mass is 368 g/mol. The first-order valence-electron chi connectivity index (χ1n) is 7.11. The summed E-state index contributed by atoms with van der Waals surface area (Å²) < 4.78 is 3.23. The molecule has 0 bridgehead atoms. The van der Waals surface area contributed by atoms with Gasteiger partial charge in [0.05, 0.1) is 9.50 Å². The number of halogens is 2. The van der Waals surface area contributed by atoms with Crippen molar-refractivity contribution in [3.05, 3.63) is 40.0 Å². The van der Waals surface area contributed by atoms with E-state index in [-0.39, 0.29) is 0 Å². The van der Waals surface area contributed by atoms with Crippen LogP contribution in [0.1, 0.15) is 25.6 Å². The molecule has 0 N–H and O–H groups in total. The largest absolute Gasteiger partial charge is 0.355 e. The molecule has 0 unspecified atom stereocenters. The molecule has 2 aromatic rings. The van der Waals surface area contributed by atoms with Crippen molar-refractivity contribution in [1.82, 2.24) is 14.5 Å². The van der Waals surface area contributed by atoms with Gasteiger partial charge in [-0.15, -0.1) is 0 Å². The summed E-state index contributed by atoms with van der Waals surface area (Å²) in [5.41, 5.74) is 0. The second kappa shape index (κ2) is 5.97. The van der Waals surface area contributed by atoms with Gasteiger partial charge in [0.15, 0.2) is 0 Å². The number of imidazole rings is 1. The predicted octanol–water partition coefficient (Wildman–Crippen LogP) is 3.95. The minimum Gasteiger partial charge on any atom is -0.355 e. The molecule has 3 heterocycles. The number of hydrogen-bond acceptors (Lipinski definition) is 3. The van der Waals surface area contributed by atoms with Crippen molar-refractivity contribution in [1.29, 1.82) is 0 Å². The van der Waals surface area contributed by atoms with Gasteiger partial charge < -0.3 is 9.47 Å². The van der Waals surface area contributed by atoms with Gasteiger partial charge in [0.25, 0.3) is 0 Å². The van der Waals surface area contributed by atoms with Gasteiger partial charge in [0.1, 0.15) is 11.6 Å². The Balaban J connectivity index is 1.62. The molecule has 1 saturated heterocycles. The van der Waals surface area contributed by atoms with Crippen molar-refractivity contribution in [3.8, 4) is 0 Å². The summed E-state index contributed by atoms with van der Waals surface area (Å²) in [6, 6.07) is 1.89. The minimum atomic E-state index is 0.461. The Bertz CT molecular complexity index is 634. The molecule has 21 heavy (non-hydrogen) atoms. The third-order valence-electron chi connectivity index (χ3n) is 3.76. The van der Waals surface area contributed by atoms with E-state index in [1.807, 2.05) is 12.3 Å². The van der Waals surface area contributed by atoms with E-state index < -0.39 is 0 Å². The second-order valence-electron chi connectivity index (χ2n) is 5.82. The number of anilines is 1. The van der Waals surface area contributed by atoms with Crippen LogP contribution in [0.15, 0.2) is 29.1 Å². The number of rotatable bonds is 4. The van der Waals surface area contributed by atoms with Crippen LogP contribution in [0, 0.1) is 5.92 Å². The maximum absolute atomic E-state index is 5.93. The summed E-state index contributed by atoms with van der Waals surface area (Å²) in [7, 11) is 0. The van der Waals surface area contributed by atoms with Crippen molar-refractivity contribution in [2.24, 2.45) is 5.92 Å². The average molecular weight is 370 g/mol. The first-order chi connectivity index (χ1) is 10.0. The summed E-state index contributed by atoms with van der Waals surface area (Å²) in [6.45, 7) is 7.42. The maximum atomic E-state index is 5.93. The van der Waals surface area contributed by atoms with Gasteiger partial charge in [-0.25, -0.2) is 9.97 Å². The van der Waals surface area contributed by atoms with Crippen LogP contribution in [-0.4, -0.2) is 27.6 Å². The lowest BCUT2D eigenvalue weighted by Crippen LogP contribution is -2.49. The van der Waals surface area contributed by atoms with Crippen LogP contribution in [-0.2, 0) is 6.54 Å². The van der Waals surface area contributed by atoms with Crippen molar-refractivity contribution >= 4 is 33.3 Å². The predicted molar refractivity (Wildman–Crippen MR) is 89.0 cm³/mol. The molecule has 1 aliphatic heterocycles. The first kappa shape index (κ1) is 14.9. The first-order valence-corrected chi connectivity index (χ1v) is 8.28. The van der Waals surface area contributed by atoms with Crippen molar-refractivity contribution in [3.63, 3.8) is 0 Å². The van der Waals surface area contributed by atoms with Gasteiger partial charge in [0.2, 0.25) is 0 Å². The third kappa shape index (κ3) is 3.09. The average Bonchev–Trinajstić information content (AvgIpc) is 2.82. The summed E-state index contributed by atoms with van der Waals surface area (Å²) in [5.74, 6) is 3.24. The lowest BCUT2D eigenvalue weighted by Gasteiger charge is -2.41. The van der Waals surface area contributed by atoms with E-state index in [4.69, 9.17) is 11.6 Å². The highest BCUT2D eigenvalue weighted by Gasteiger charge is 2.29. The maximum Gasteiger partial charge on any atom is 0.142 e. The van der Waals surface area contributed by atoms with Gasteiger partial charge in [-0.3, -0.25) is 0 Å². The fourth-order valence-corrected chi connectivity index (χ4v) is 3.64. The molecule has 112 valence electrons. The van der Waals surface area contributed by atoms with Crippen LogP contribution in [0.3, 0.4) is 0 Å². The van der Waals surface area contributed by atoms with Crippen LogP contribution in [0.4, 0.5) is 5.82 Å². The molecule has 0 atom stereocenters. The van der Waals surface area contributed by atoms with Gasteiger partial charge in [-0.05, 0) is 22.0 Å². The van der Waals surface area contributed by atoms with E-state index in [1.165, 1.54) is 5.82 Å². The van der Waals surface area contributed by atoms with E-state index in [1.54, 1.807) is 6.20 Å². The Labute approximate surface area is 138 Å². The molecule has 0 spiro atoms. The van der Waals surface area contributed by atoms with Crippen molar-refractivity contribution in [2.45, 2.75) is 26.3 Å². The molecule has 0 aliphatic carbocycles. The molecule has 0 radical (unpaired) electrons. The zero-order valence-electron chi connectivity index (χ0n) is 12.1. The van der Waals surface area contributed by atoms with E-state index in [0.29, 0.717) is 16.9 Å². The van der Waals surface area contributed by atoms with Crippen LogP contribution >= 0.6 is 27.5 Å². The quantitative estimate of drug-likeness (QED) is 0.818. The molecular weight excluding hydrogens is 352 g/mol. The summed E-state index contributed by atoms with van der Waals surface area (Å²) in [4.78, 5) is 11.1. The van der Waals surface area contributed by atoms with Gasteiger partial charge in [-0.2, -0.15) is 0 Å². The molecule has 3 rings (SSSR count). The van der Waals surface area contributed by atoms with Crippen molar-refractivity contribution in [2.75, 3.05) is 18.0 Å². The standard InChI is InChI=1S/C15H18BrClN4/c1-10(2)14-18-3-4-20(14)7-11-8-21(9-11)15-13(16)5-12(17)6-19-15/h3-6,10-11H,7-9H2,1-2H3. The lowest BCUT2D eigenvalue weighted by molar-refractivity contribution is 0.348. The zero-order chi connectivity index (χ0) is 15.0. The van der Waals surface area contributed by atoms with Crippen LogP contribution in [0.2, 0.25) is 5.02 Å². The molecule has 2 aromatic heterocycles. The molecular formula is C15H18BrClN4. The summed E-state index contributed by atoms with van der Waals surface area (Å²) >= 11 is 9.46. The Morgan fingerprint density at radius 3 is 2.81 bits per heavy atom. The lowest BCUT2D eigenvalue weighted by atomic mass is 10.00. The van der Waals surface area contributed by atoms with E-state index in [0.717, 1.165) is 29.9 Å². The Hall–Kier alpha value is -1.07.